The van der Waals surface area contributed by atoms with Gasteiger partial charge in [-0.1, -0.05) is 19.1 Å². The van der Waals surface area contributed by atoms with Crippen molar-refractivity contribution in [3.63, 3.8) is 0 Å². The predicted molar refractivity (Wildman–Crippen MR) is 208 cm³/mol. The first-order valence-electron chi connectivity index (χ1n) is 17.1. The van der Waals surface area contributed by atoms with Gasteiger partial charge in [0.25, 0.3) is 0 Å². The molecule has 4 aromatic heterocycles. The van der Waals surface area contributed by atoms with Gasteiger partial charge in [-0.05, 0) is 104 Å². The molecule has 10 heteroatoms. The summed E-state index contributed by atoms with van der Waals surface area (Å²) in [5, 5.41) is 4.44. The lowest BCUT2D eigenvalue weighted by molar-refractivity contribution is 0.309. The molecule has 1 saturated heterocycles. The van der Waals surface area contributed by atoms with Gasteiger partial charge in [-0.15, -0.1) is 22.7 Å². The molecule has 8 nitrogen and oxygen atoms in total. The topological polar surface area (TPSA) is 115 Å². The highest BCUT2D eigenvalue weighted by Crippen LogP contribution is 2.38. The number of nitrogens with zero attached hydrogens (tertiary/aromatic N) is 4. The summed E-state index contributed by atoms with van der Waals surface area (Å²) in [6.07, 6.45) is 9.80. The number of hydrogen-bond donors (Lipinski definition) is 4. The largest absolute Gasteiger partial charge is 0.383 e. The highest BCUT2D eigenvalue weighted by atomic mass is 32.1. The molecule has 49 heavy (non-hydrogen) atoms. The average molecular weight is 687 g/mol. The molecule has 1 fully saturated rings. The minimum Gasteiger partial charge on any atom is -0.383 e. The molecule has 2 aliphatic heterocycles. The second kappa shape index (κ2) is 13.4. The van der Waals surface area contributed by atoms with Gasteiger partial charge in [0.05, 0.1) is 21.1 Å². The van der Waals surface area contributed by atoms with Crippen molar-refractivity contribution in [3.05, 3.63) is 110 Å². The molecule has 0 bridgehead atoms. The third-order valence-electron chi connectivity index (χ3n) is 10.2. The van der Waals surface area contributed by atoms with Gasteiger partial charge in [0.15, 0.2) is 0 Å². The van der Waals surface area contributed by atoms with Crippen LogP contribution in [0.15, 0.2) is 94.5 Å². The maximum absolute atomic E-state index is 6.64. The summed E-state index contributed by atoms with van der Waals surface area (Å²) in [5.74, 6) is 1.59. The Hall–Kier alpha value is -4.48. The molecule has 8 rings (SSSR count). The van der Waals surface area contributed by atoms with Crippen LogP contribution in [0, 0.1) is 0 Å². The van der Waals surface area contributed by atoms with Gasteiger partial charge in [0, 0.05) is 76.2 Å². The first-order valence-corrected chi connectivity index (χ1v) is 18.8. The SMILES string of the molecule is CCN1CC=C(c2c[nH]c3ccc(N=C(N)c4ccc(C5C[C@H](Cc6c[nH]c7ccc(N=C(N)c8cccs8)cc67)N(C)C5)s4)cc23)CC1. The van der Waals surface area contributed by atoms with Crippen LogP contribution in [0.3, 0.4) is 0 Å². The molecular weight excluding hydrogens is 645 g/mol. The number of H-pyrrole nitrogens is 2. The Morgan fingerprint density at radius 3 is 2.41 bits per heavy atom. The molecule has 2 aromatic carbocycles. The Morgan fingerprint density at radius 2 is 1.67 bits per heavy atom. The number of likely N-dealkylation sites (N-methyl/N-ethyl adjacent to an activating group) is 2. The quantitative estimate of drug-likeness (QED) is 0.0912. The van der Waals surface area contributed by atoms with Gasteiger partial charge in [-0.25, -0.2) is 9.98 Å². The van der Waals surface area contributed by atoms with Crippen LogP contribution in [0.25, 0.3) is 27.4 Å². The average Bonchev–Trinajstić information content (AvgIpc) is 3.96. The minimum atomic E-state index is 0.440. The van der Waals surface area contributed by atoms with Crippen LogP contribution in [0.1, 0.15) is 51.4 Å². The number of hydrogen-bond acceptors (Lipinski definition) is 6. The summed E-state index contributed by atoms with van der Waals surface area (Å²) in [7, 11) is 2.25. The standard InChI is InChI=1S/C39H42N8S2/c1-3-47-14-12-24(13-15-47)32-22-43-34-9-7-28(20-31(32)34)45-39(41)37-11-10-35(49-37)26-18-29(46(2)23-26)17-25-21-42-33-8-6-27(19-30(25)33)44-38(40)36-5-4-16-48-36/h4-12,16,19-22,26,29,42-43H,3,13-15,17-18,23H2,1-2H3,(H2,40,44)(H2,41,45)/t26?,29-/m0/s1. The first-order chi connectivity index (χ1) is 23.9. The van der Waals surface area contributed by atoms with Crippen LogP contribution < -0.4 is 11.5 Å². The number of fused-ring (bicyclic) bond motifs is 2. The van der Waals surface area contributed by atoms with Gasteiger partial charge in [0.2, 0.25) is 0 Å². The number of benzene rings is 2. The number of aliphatic imine (C=N–C) groups is 2. The van der Waals surface area contributed by atoms with Gasteiger partial charge in [-0.2, -0.15) is 0 Å². The van der Waals surface area contributed by atoms with Crippen molar-refractivity contribution in [1.29, 1.82) is 0 Å². The fourth-order valence-electron chi connectivity index (χ4n) is 7.39. The molecule has 0 saturated carbocycles. The van der Waals surface area contributed by atoms with Crippen LogP contribution in [-0.4, -0.2) is 70.7 Å². The van der Waals surface area contributed by atoms with Crippen molar-refractivity contribution in [2.75, 3.05) is 33.2 Å². The molecule has 0 amide bonds. The normalized spacial score (nSPS) is 19.8. The third-order valence-corrected chi connectivity index (χ3v) is 12.4. The van der Waals surface area contributed by atoms with Crippen molar-refractivity contribution in [1.82, 2.24) is 19.8 Å². The number of rotatable bonds is 9. The van der Waals surface area contributed by atoms with E-state index in [9.17, 15) is 0 Å². The van der Waals surface area contributed by atoms with Crippen molar-refractivity contribution < 1.29 is 0 Å². The first kappa shape index (κ1) is 31.8. The van der Waals surface area contributed by atoms with E-state index in [1.807, 2.05) is 29.6 Å². The van der Waals surface area contributed by atoms with Gasteiger partial charge in [0.1, 0.15) is 11.7 Å². The molecule has 0 spiro atoms. The van der Waals surface area contributed by atoms with E-state index in [2.05, 4.69) is 88.6 Å². The second-order valence-electron chi connectivity index (χ2n) is 13.3. The van der Waals surface area contributed by atoms with E-state index >= 15 is 0 Å². The summed E-state index contributed by atoms with van der Waals surface area (Å²) < 4.78 is 0. The van der Waals surface area contributed by atoms with Crippen LogP contribution in [0.4, 0.5) is 11.4 Å². The molecule has 2 atom stereocenters. The van der Waals surface area contributed by atoms with E-state index in [-0.39, 0.29) is 0 Å². The molecule has 1 unspecified atom stereocenters. The van der Waals surface area contributed by atoms with E-state index in [0.29, 0.717) is 23.6 Å². The fraction of sp³-hybridized carbons (Fsp3) is 0.282. The summed E-state index contributed by atoms with van der Waals surface area (Å²) in [5.41, 5.74) is 20.9. The molecule has 6 aromatic rings. The van der Waals surface area contributed by atoms with Crippen LogP contribution in [0.2, 0.25) is 0 Å². The highest BCUT2D eigenvalue weighted by molar-refractivity contribution is 7.14. The zero-order chi connectivity index (χ0) is 33.5. The number of nitrogens with one attached hydrogen (secondary N) is 2. The van der Waals surface area contributed by atoms with E-state index in [4.69, 9.17) is 21.5 Å². The van der Waals surface area contributed by atoms with Gasteiger partial charge >= 0.3 is 0 Å². The zero-order valence-electron chi connectivity index (χ0n) is 27.9. The number of aromatic nitrogens is 2. The Kier molecular flexibility index (Phi) is 8.71. The number of aromatic amines is 2. The van der Waals surface area contributed by atoms with Crippen LogP contribution in [-0.2, 0) is 6.42 Å². The lowest BCUT2D eigenvalue weighted by atomic mass is 9.98. The van der Waals surface area contributed by atoms with Crippen molar-refractivity contribution in [3.8, 4) is 0 Å². The number of nitrogens with two attached hydrogens (primary N) is 2. The Morgan fingerprint density at radius 1 is 0.918 bits per heavy atom. The number of thiophene rings is 2. The monoisotopic (exact) mass is 686 g/mol. The molecule has 250 valence electrons. The highest BCUT2D eigenvalue weighted by Gasteiger charge is 2.32. The lowest BCUT2D eigenvalue weighted by Gasteiger charge is -2.24. The van der Waals surface area contributed by atoms with Crippen molar-refractivity contribution in [2.24, 2.45) is 21.5 Å². The van der Waals surface area contributed by atoms with Crippen molar-refractivity contribution in [2.45, 2.75) is 38.1 Å². The maximum Gasteiger partial charge on any atom is 0.141 e. The van der Waals surface area contributed by atoms with E-state index in [1.54, 1.807) is 22.7 Å². The lowest BCUT2D eigenvalue weighted by Crippen LogP contribution is -2.27. The third kappa shape index (κ3) is 6.49. The van der Waals surface area contributed by atoms with E-state index in [1.165, 1.54) is 32.3 Å². The number of amidine groups is 2. The molecule has 0 radical (unpaired) electrons. The Balaban J connectivity index is 0.961. The molecule has 0 aliphatic carbocycles. The number of likely N-dealkylation sites (tertiary alicyclic amines) is 1. The zero-order valence-corrected chi connectivity index (χ0v) is 29.6. The summed E-state index contributed by atoms with van der Waals surface area (Å²) in [6, 6.07) is 21.4. The molecule has 6 heterocycles. The molecule has 2 aliphatic rings. The molecular formula is C39H42N8S2. The fourth-order valence-corrected chi connectivity index (χ4v) is 9.03. The second-order valence-corrected chi connectivity index (χ2v) is 15.3. The summed E-state index contributed by atoms with van der Waals surface area (Å²) in [4.78, 5) is 24.9. The van der Waals surface area contributed by atoms with Crippen LogP contribution >= 0.6 is 22.7 Å². The van der Waals surface area contributed by atoms with Gasteiger partial charge < -0.3 is 26.3 Å². The minimum absolute atomic E-state index is 0.440. The maximum atomic E-state index is 6.64. The van der Waals surface area contributed by atoms with E-state index in [0.717, 1.165) is 77.6 Å². The Labute approximate surface area is 294 Å². The van der Waals surface area contributed by atoms with Crippen molar-refractivity contribution >= 4 is 73.1 Å². The molecule has 6 N–H and O–H groups in total. The predicted octanol–water partition coefficient (Wildman–Crippen LogP) is 7.99. The summed E-state index contributed by atoms with van der Waals surface area (Å²) >= 11 is 3.38. The van der Waals surface area contributed by atoms with Gasteiger partial charge in [-0.3, -0.25) is 4.90 Å². The summed E-state index contributed by atoms with van der Waals surface area (Å²) in [6.45, 7) is 6.45. The van der Waals surface area contributed by atoms with Crippen LogP contribution in [0.5, 0.6) is 0 Å². The Bertz CT molecular complexity index is 2200. The van der Waals surface area contributed by atoms with E-state index < -0.39 is 0 Å². The smallest absolute Gasteiger partial charge is 0.141 e.